The van der Waals surface area contributed by atoms with Crippen LogP contribution in [0.5, 0.6) is 0 Å². The van der Waals surface area contributed by atoms with Crippen LogP contribution in [0.4, 0.5) is 0 Å². The van der Waals surface area contributed by atoms with Crippen LogP contribution in [0, 0.1) is 13.8 Å². The van der Waals surface area contributed by atoms with Gasteiger partial charge in [-0.25, -0.2) is 4.98 Å². The summed E-state index contributed by atoms with van der Waals surface area (Å²) in [5.74, 6) is 0.827. The zero-order valence-electron chi connectivity index (χ0n) is 13.5. The van der Waals surface area contributed by atoms with E-state index in [4.69, 9.17) is 16.1 Å². The fourth-order valence-corrected chi connectivity index (χ4v) is 3.28. The molecule has 4 nitrogen and oxygen atoms in total. The van der Waals surface area contributed by atoms with E-state index in [0.717, 1.165) is 50.7 Å². The van der Waals surface area contributed by atoms with E-state index in [2.05, 4.69) is 32.9 Å². The van der Waals surface area contributed by atoms with E-state index in [9.17, 15) is 0 Å². The van der Waals surface area contributed by atoms with Crippen molar-refractivity contribution in [1.82, 2.24) is 14.7 Å². The second-order valence-electron chi connectivity index (χ2n) is 5.91. The predicted octanol–water partition coefficient (Wildman–Crippen LogP) is 5.01. The Balaban J connectivity index is 1.79. The lowest BCUT2D eigenvalue weighted by molar-refractivity contribution is 0.393. The van der Waals surface area contributed by atoms with Gasteiger partial charge in [-0.3, -0.25) is 0 Å². The molecular weight excluding hydrogens is 322 g/mol. The van der Waals surface area contributed by atoms with Gasteiger partial charge in [-0.15, -0.1) is 0 Å². The largest absolute Gasteiger partial charge is 0.361 e. The number of hydrogen-bond donors (Lipinski definition) is 0. The molecular formula is C19H16ClN3O. The maximum absolute atomic E-state index is 6.09. The number of hydrogen-bond acceptors (Lipinski definition) is 3. The highest BCUT2D eigenvalue weighted by molar-refractivity contribution is 6.30. The molecule has 2 aromatic carbocycles. The number of benzene rings is 2. The molecule has 0 bridgehead atoms. The van der Waals surface area contributed by atoms with Crippen LogP contribution in [-0.4, -0.2) is 14.7 Å². The van der Waals surface area contributed by atoms with Crippen LogP contribution in [0.1, 0.15) is 17.0 Å². The Morgan fingerprint density at radius 2 is 2.00 bits per heavy atom. The molecule has 120 valence electrons. The Bertz CT molecular complexity index is 1010. The molecule has 0 fully saturated rings. The van der Waals surface area contributed by atoms with Crippen LogP contribution in [0.15, 0.2) is 53.3 Å². The van der Waals surface area contributed by atoms with Gasteiger partial charge in [0.25, 0.3) is 0 Å². The SMILES string of the molecule is Cc1noc(C)c1-c1ccc2ncn(Cc3cccc(Cl)c3)c2c1. The standard InChI is InChI=1S/C19H16ClN3O/c1-12-19(13(2)24-22-12)15-6-7-17-18(9-15)23(11-21-17)10-14-4-3-5-16(20)8-14/h3-9,11H,10H2,1-2H3. The molecule has 0 saturated heterocycles. The van der Waals surface area contributed by atoms with Gasteiger partial charge in [0.2, 0.25) is 0 Å². The Morgan fingerprint density at radius 1 is 1.12 bits per heavy atom. The molecule has 5 heteroatoms. The summed E-state index contributed by atoms with van der Waals surface area (Å²) in [6.45, 7) is 4.62. The number of imidazole rings is 1. The molecule has 0 N–H and O–H groups in total. The Morgan fingerprint density at radius 3 is 2.75 bits per heavy atom. The highest BCUT2D eigenvalue weighted by atomic mass is 35.5. The maximum atomic E-state index is 6.09. The molecule has 0 radical (unpaired) electrons. The van der Waals surface area contributed by atoms with Gasteiger partial charge in [-0.1, -0.05) is 35.0 Å². The summed E-state index contributed by atoms with van der Waals surface area (Å²) in [6, 6.07) is 14.1. The topological polar surface area (TPSA) is 43.9 Å². The number of aryl methyl sites for hydroxylation is 2. The van der Waals surface area contributed by atoms with Gasteiger partial charge in [0.1, 0.15) is 5.76 Å². The fraction of sp³-hybridized carbons (Fsp3) is 0.158. The highest BCUT2D eigenvalue weighted by Gasteiger charge is 2.13. The van der Waals surface area contributed by atoms with Crippen molar-refractivity contribution in [1.29, 1.82) is 0 Å². The molecule has 24 heavy (non-hydrogen) atoms. The van der Waals surface area contributed by atoms with Crippen molar-refractivity contribution < 1.29 is 4.52 Å². The molecule has 0 aliphatic heterocycles. The molecule has 0 spiro atoms. The van der Waals surface area contributed by atoms with E-state index in [1.54, 1.807) is 0 Å². The van der Waals surface area contributed by atoms with Crippen molar-refractivity contribution in [2.24, 2.45) is 0 Å². The second kappa shape index (κ2) is 5.80. The highest BCUT2D eigenvalue weighted by Crippen LogP contribution is 2.29. The van der Waals surface area contributed by atoms with Gasteiger partial charge in [0.05, 0.1) is 23.1 Å². The number of fused-ring (bicyclic) bond motifs is 1. The van der Waals surface area contributed by atoms with E-state index in [-0.39, 0.29) is 0 Å². The number of rotatable bonds is 3. The average Bonchev–Trinajstić information content (AvgIpc) is 3.11. The third-order valence-electron chi connectivity index (χ3n) is 4.19. The quantitative estimate of drug-likeness (QED) is 0.528. The monoisotopic (exact) mass is 337 g/mol. The predicted molar refractivity (Wildman–Crippen MR) is 95.3 cm³/mol. The van der Waals surface area contributed by atoms with Crippen molar-refractivity contribution in [2.45, 2.75) is 20.4 Å². The minimum atomic E-state index is 0.724. The zero-order valence-corrected chi connectivity index (χ0v) is 14.2. The van der Waals surface area contributed by atoms with Crippen LogP contribution in [0.2, 0.25) is 5.02 Å². The van der Waals surface area contributed by atoms with Crippen LogP contribution >= 0.6 is 11.6 Å². The molecule has 0 aliphatic rings. The Labute approximate surface area is 144 Å². The van der Waals surface area contributed by atoms with Crippen LogP contribution in [-0.2, 0) is 6.54 Å². The first-order valence-electron chi connectivity index (χ1n) is 7.74. The minimum absolute atomic E-state index is 0.724. The van der Waals surface area contributed by atoms with E-state index >= 15 is 0 Å². The van der Waals surface area contributed by atoms with Crippen molar-refractivity contribution in [3.05, 3.63) is 70.8 Å². The lowest BCUT2D eigenvalue weighted by Gasteiger charge is -2.07. The van der Waals surface area contributed by atoms with Gasteiger partial charge in [-0.05, 0) is 49.2 Å². The summed E-state index contributed by atoms with van der Waals surface area (Å²) in [4.78, 5) is 4.50. The molecule has 0 aliphatic carbocycles. The van der Waals surface area contributed by atoms with Crippen molar-refractivity contribution in [2.75, 3.05) is 0 Å². The number of nitrogens with zero attached hydrogens (tertiary/aromatic N) is 3. The van der Waals surface area contributed by atoms with E-state index < -0.39 is 0 Å². The minimum Gasteiger partial charge on any atom is -0.361 e. The molecule has 0 amide bonds. The summed E-state index contributed by atoms with van der Waals surface area (Å²) in [5.41, 5.74) is 6.22. The number of aromatic nitrogens is 3. The van der Waals surface area contributed by atoms with Crippen LogP contribution in [0.3, 0.4) is 0 Å². The molecule has 2 aromatic heterocycles. The van der Waals surface area contributed by atoms with Gasteiger partial charge in [0.15, 0.2) is 0 Å². The third kappa shape index (κ3) is 2.59. The Hall–Kier alpha value is -2.59. The van der Waals surface area contributed by atoms with Crippen molar-refractivity contribution in [3.8, 4) is 11.1 Å². The zero-order chi connectivity index (χ0) is 16.7. The summed E-state index contributed by atoms with van der Waals surface area (Å²) in [7, 11) is 0. The van der Waals surface area contributed by atoms with E-state index in [1.165, 1.54) is 0 Å². The summed E-state index contributed by atoms with van der Waals surface area (Å²) in [6.07, 6.45) is 1.86. The lowest BCUT2D eigenvalue weighted by Crippen LogP contribution is -1.98. The number of halogens is 1. The van der Waals surface area contributed by atoms with E-state index in [1.807, 2.05) is 44.4 Å². The molecule has 4 aromatic rings. The van der Waals surface area contributed by atoms with Gasteiger partial charge in [0, 0.05) is 17.1 Å². The van der Waals surface area contributed by atoms with Gasteiger partial charge in [-0.2, -0.15) is 0 Å². The molecule has 2 heterocycles. The fourth-order valence-electron chi connectivity index (χ4n) is 3.07. The Kier molecular flexibility index (Phi) is 3.62. The molecule has 4 rings (SSSR count). The first-order chi connectivity index (χ1) is 11.6. The van der Waals surface area contributed by atoms with Crippen molar-refractivity contribution in [3.63, 3.8) is 0 Å². The van der Waals surface area contributed by atoms with Crippen molar-refractivity contribution >= 4 is 22.6 Å². The molecule has 0 saturated carbocycles. The normalized spacial score (nSPS) is 11.3. The average molecular weight is 338 g/mol. The summed E-state index contributed by atoms with van der Waals surface area (Å²) in [5, 5.41) is 4.79. The third-order valence-corrected chi connectivity index (χ3v) is 4.42. The van der Waals surface area contributed by atoms with Gasteiger partial charge < -0.3 is 9.09 Å². The molecule has 0 unspecified atom stereocenters. The van der Waals surface area contributed by atoms with Crippen LogP contribution < -0.4 is 0 Å². The summed E-state index contributed by atoms with van der Waals surface area (Å²) >= 11 is 6.09. The van der Waals surface area contributed by atoms with Gasteiger partial charge >= 0.3 is 0 Å². The first kappa shape index (κ1) is 15.0. The summed E-state index contributed by atoms with van der Waals surface area (Å²) < 4.78 is 7.42. The smallest absolute Gasteiger partial charge is 0.141 e. The second-order valence-corrected chi connectivity index (χ2v) is 6.34. The van der Waals surface area contributed by atoms with E-state index in [0.29, 0.717) is 0 Å². The lowest BCUT2D eigenvalue weighted by atomic mass is 10.0. The molecule has 0 atom stereocenters. The first-order valence-corrected chi connectivity index (χ1v) is 8.12. The van der Waals surface area contributed by atoms with Crippen LogP contribution in [0.25, 0.3) is 22.2 Å². The maximum Gasteiger partial charge on any atom is 0.141 e.